The normalized spacial score (nSPS) is 14.1. The minimum Gasteiger partial charge on any atom is -0.483 e. The number of ether oxygens (including phenoxy) is 1. The Morgan fingerprint density at radius 1 is 1.24 bits per heavy atom. The minimum atomic E-state index is -0.159. The fraction of sp³-hybridized carbons (Fsp3) is 0.368. The maximum absolute atomic E-state index is 11.9. The van der Waals surface area contributed by atoms with Gasteiger partial charge in [-0.05, 0) is 45.6 Å². The van der Waals surface area contributed by atoms with Crippen LogP contribution in [0.15, 0.2) is 40.9 Å². The molecule has 0 saturated carbocycles. The van der Waals surface area contributed by atoms with E-state index >= 15 is 0 Å². The summed E-state index contributed by atoms with van der Waals surface area (Å²) in [5.41, 5.74) is 0. The van der Waals surface area contributed by atoms with Crippen LogP contribution in [0.5, 0.6) is 5.75 Å². The summed E-state index contributed by atoms with van der Waals surface area (Å²) in [6.45, 7) is 2.06. The predicted molar refractivity (Wildman–Crippen MR) is 101 cm³/mol. The molecule has 1 aliphatic rings. The molecule has 1 heterocycles. The molecule has 2 aromatic rings. The monoisotopic (exact) mass is 404 g/mol. The molecule has 6 heteroatoms. The number of rotatable bonds is 7. The van der Waals surface area contributed by atoms with Crippen LogP contribution < -0.4 is 10.1 Å². The van der Waals surface area contributed by atoms with E-state index < -0.39 is 0 Å². The quantitative estimate of drug-likeness (QED) is 0.721. The molecule has 0 aliphatic carbocycles. The lowest BCUT2D eigenvalue weighted by Crippen LogP contribution is -2.33. The van der Waals surface area contributed by atoms with Crippen molar-refractivity contribution in [3.05, 3.63) is 40.9 Å². The van der Waals surface area contributed by atoms with Crippen molar-refractivity contribution in [1.82, 2.24) is 10.2 Å². The largest absolute Gasteiger partial charge is 0.483 e. The van der Waals surface area contributed by atoms with Gasteiger partial charge in [-0.2, -0.15) is 0 Å². The molecule has 2 aromatic carbocycles. The number of amides is 2. The summed E-state index contributed by atoms with van der Waals surface area (Å²) in [5.74, 6) is 0.708. The molecule has 0 radical (unpaired) electrons. The van der Waals surface area contributed by atoms with Crippen molar-refractivity contribution in [2.75, 3.05) is 26.2 Å². The van der Waals surface area contributed by atoms with Gasteiger partial charge in [0.2, 0.25) is 5.91 Å². The Kier molecular flexibility index (Phi) is 5.91. The van der Waals surface area contributed by atoms with E-state index in [1.165, 1.54) is 0 Å². The number of hydrogen-bond donors (Lipinski definition) is 1. The van der Waals surface area contributed by atoms with E-state index in [1.54, 1.807) is 0 Å². The Bertz CT molecular complexity index is 778. The van der Waals surface area contributed by atoms with Crippen LogP contribution in [0.1, 0.15) is 19.3 Å². The summed E-state index contributed by atoms with van der Waals surface area (Å²) in [4.78, 5) is 25.3. The van der Waals surface area contributed by atoms with Crippen LogP contribution in [-0.4, -0.2) is 43.0 Å². The number of hydrogen-bond acceptors (Lipinski definition) is 3. The smallest absolute Gasteiger partial charge is 0.257 e. The molecular weight excluding hydrogens is 384 g/mol. The number of nitrogens with one attached hydrogen (secondary N) is 1. The highest BCUT2D eigenvalue weighted by atomic mass is 79.9. The van der Waals surface area contributed by atoms with Gasteiger partial charge in [0, 0.05) is 26.1 Å². The molecule has 0 atom stereocenters. The highest BCUT2D eigenvalue weighted by Crippen LogP contribution is 2.32. The molecule has 2 amide bonds. The highest BCUT2D eigenvalue weighted by Gasteiger charge is 2.19. The summed E-state index contributed by atoms with van der Waals surface area (Å²) in [5, 5.41) is 5.00. The van der Waals surface area contributed by atoms with Crippen LogP contribution in [0.2, 0.25) is 0 Å². The van der Waals surface area contributed by atoms with Crippen molar-refractivity contribution in [2.45, 2.75) is 19.3 Å². The van der Waals surface area contributed by atoms with E-state index in [0.717, 1.165) is 34.6 Å². The van der Waals surface area contributed by atoms with Gasteiger partial charge in [0.15, 0.2) is 6.61 Å². The fourth-order valence-corrected chi connectivity index (χ4v) is 3.57. The summed E-state index contributed by atoms with van der Waals surface area (Å²) in [6.07, 6.45) is 2.36. The fourth-order valence-electron chi connectivity index (χ4n) is 2.96. The van der Waals surface area contributed by atoms with Crippen LogP contribution in [0.4, 0.5) is 0 Å². The van der Waals surface area contributed by atoms with Gasteiger partial charge in [-0.3, -0.25) is 9.59 Å². The third-order valence-corrected chi connectivity index (χ3v) is 5.10. The molecule has 1 N–H and O–H groups in total. The molecule has 1 aliphatic heterocycles. The van der Waals surface area contributed by atoms with E-state index in [2.05, 4.69) is 21.2 Å². The van der Waals surface area contributed by atoms with Gasteiger partial charge in [0.25, 0.3) is 5.91 Å². The SMILES string of the molecule is O=C(COc1ccc2ccccc2c1Br)NCCCN1CCCC1=O. The second kappa shape index (κ2) is 8.34. The molecule has 132 valence electrons. The third kappa shape index (κ3) is 4.51. The molecule has 0 spiro atoms. The standard InChI is InChI=1S/C19H21BrN2O3/c20-19-15-6-2-1-5-14(15)8-9-16(19)25-13-17(23)21-10-4-12-22-11-3-7-18(22)24/h1-2,5-6,8-9H,3-4,7,10-13H2,(H,21,23). The first-order chi connectivity index (χ1) is 12.1. The Hall–Kier alpha value is -2.08. The molecular formula is C19H21BrN2O3. The topological polar surface area (TPSA) is 58.6 Å². The first-order valence-corrected chi connectivity index (χ1v) is 9.29. The molecule has 5 nitrogen and oxygen atoms in total. The number of carbonyl (C=O) groups excluding carboxylic acids is 2. The van der Waals surface area contributed by atoms with Gasteiger partial charge >= 0.3 is 0 Å². The third-order valence-electron chi connectivity index (χ3n) is 4.28. The van der Waals surface area contributed by atoms with Crippen LogP contribution in [0.25, 0.3) is 10.8 Å². The van der Waals surface area contributed by atoms with Gasteiger partial charge in [-0.15, -0.1) is 0 Å². The number of benzene rings is 2. The van der Waals surface area contributed by atoms with E-state index in [0.29, 0.717) is 25.3 Å². The van der Waals surface area contributed by atoms with Crippen LogP contribution in [-0.2, 0) is 9.59 Å². The number of fused-ring (bicyclic) bond motifs is 1. The first kappa shape index (κ1) is 17.7. The molecule has 0 bridgehead atoms. The van der Waals surface area contributed by atoms with Crippen LogP contribution >= 0.6 is 15.9 Å². The van der Waals surface area contributed by atoms with Gasteiger partial charge in [-0.25, -0.2) is 0 Å². The second-order valence-corrected chi connectivity index (χ2v) is 6.87. The Labute approximate surface area is 155 Å². The van der Waals surface area contributed by atoms with Gasteiger partial charge in [-0.1, -0.05) is 30.3 Å². The van der Waals surface area contributed by atoms with Gasteiger partial charge < -0.3 is 15.0 Å². The van der Waals surface area contributed by atoms with Crippen molar-refractivity contribution in [1.29, 1.82) is 0 Å². The lowest BCUT2D eigenvalue weighted by atomic mass is 10.1. The van der Waals surface area contributed by atoms with E-state index in [9.17, 15) is 9.59 Å². The zero-order chi connectivity index (χ0) is 17.6. The zero-order valence-electron chi connectivity index (χ0n) is 14.0. The van der Waals surface area contributed by atoms with Crippen molar-refractivity contribution in [2.24, 2.45) is 0 Å². The number of nitrogens with zero attached hydrogens (tertiary/aromatic N) is 1. The molecule has 1 fully saturated rings. The molecule has 25 heavy (non-hydrogen) atoms. The summed E-state index contributed by atoms with van der Waals surface area (Å²) >= 11 is 3.54. The van der Waals surface area contributed by atoms with E-state index in [4.69, 9.17) is 4.74 Å². The molecule has 3 rings (SSSR count). The van der Waals surface area contributed by atoms with Crippen molar-refractivity contribution < 1.29 is 14.3 Å². The summed E-state index contributed by atoms with van der Waals surface area (Å²) in [6, 6.07) is 11.8. The average Bonchev–Trinajstić information content (AvgIpc) is 3.03. The van der Waals surface area contributed by atoms with Crippen LogP contribution in [0.3, 0.4) is 0 Å². The molecule has 0 unspecified atom stereocenters. The summed E-state index contributed by atoms with van der Waals surface area (Å²) < 4.78 is 6.48. The first-order valence-electron chi connectivity index (χ1n) is 8.49. The zero-order valence-corrected chi connectivity index (χ0v) is 15.5. The maximum atomic E-state index is 11.9. The Balaban J connectivity index is 1.43. The highest BCUT2D eigenvalue weighted by molar-refractivity contribution is 9.10. The minimum absolute atomic E-state index is 0.0282. The Morgan fingerprint density at radius 2 is 2.08 bits per heavy atom. The molecule has 1 saturated heterocycles. The lowest BCUT2D eigenvalue weighted by Gasteiger charge is -2.15. The predicted octanol–water partition coefficient (Wildman–Crippen LogP) is 3.11. The number of likely N-dealkylation sites (tertiary alicyclic amines) is 1. The van der Waals surface area contributed by atoms with Crippen LogP contribution in [0, 0.1) is 0 Å². The number of halogens is 1. The van der Waals surface area contributed by atoms with Crippen molar-refractivity contribution in [3.63, 3.8) is 0 Å². The number of carbonyl (C=O) groups is 2. The van der Waals surface area contributed by atoms with E-state index in [1.807, 2.05) is 41.3 Å². The van der Waals surface area contributed by atoms with E-state index in [-0.39, 0.29) is 18.4 Å². The average molecular weight is 405 g/mol. The van der Waals surface area contributed by atoms with Gasteiger partial charge in [0.05, 0.1) is 4.47 Å². The van der Waals surface area contributed by atoms with Crippen molar-refractivity contribution >= 4 is 38.5 Å². The summed E-state index contributed by atoms with van der Waals surface area (Å²) in [7, 11) is 0. The maximum Gasteiger partial charge on any atom is 0.257 e. The lowest BCUT2D eigenvalue weighted by molar-refractivity contribution is -0.127. The second-order valence-electron chi connectivity index (χ2n) is 6.08. The van der Waals surface area contributed by atoms with Crippen molar-refractivity contribution in [3.8, 4) is 5.75 Å². The Morgan fingerprint density at radius 3 is 2.88 bits per heavy atom. The van der Waals surface area contributed by atoms with Gasteiger partial charge in [0.1, 0.15) is 5.75 Å². The molecule has 0 aromatic heterocycles.